The molecule has 0 fully saturated rings. The summed E-state index contributed by atoms with van der Waals surface area (Å²) in [5.41, 5.74) is 5.53. The zero-order chi connectivity index (χ0) is 21.7. The molecule has 1 unspecified atom stereocenters. The van der Waals surface area contributed by atoms with Crippen molar-refractivity contribution in [2.75, 3.05) is 27.7 Å². The molecule has 0 aliphatic carbocycles. The molecule has 2 heterocycles. The minimum atomic E-state index is 0. The molecule has 2 aromatic heterocycles. The number of hydrogen-bond donors (Lipinski definition) is 2. The fraction of sp³-hybridized carbons (Fsp3) is 0.409. The van der Waals surface area contributed by atoms with E-state index in [9.17, 15) is 0 Å². The highest BCUT2D eigenvalue weighted by Gasteiger charge is 2.16. The van der Waals surface area contributed by atoms with Gasteiger partial charge in [0.1, 0.15) is 0 Å². The molecule has 1 aromatic carbocycles. The third-order valence-corrected chi connectivity index (χ3v) is 5.10. The Kier molecular flexibility index (Phi) is 9.05. The summed E-state index contributed by atoms with van der Waals surface area (Å²) in [6.07, 6.45) is 3.96. The average Bonchev–Trinajstić information content (AvgIpc) is 3.29. The van der Waals surface area contributed by atoms with Gasteiger partial charge in [0, 0.05) is 44.6 Å². The summed E-state index contributed by atoms with van der Waals surface area (Å²) in [5.74, 6) is 0.758. The molecular weight excluding hydrogens is 503 g/mol. The minimum Gasteiger partial charge on any atom is -0.354 e. The van der Waals surface area contributed by atoms with Crippen molar-refractivity contribution in [1.29, 1.82) is 0 Å². The maximum absolute atomic E-state index is 4.63. The van der Waals surface area contributed by atoms with Crippen molar-refractivity contribution in [3.8, 4) is 5.69 Å². The number of aromatic nitrogens is 4. The van der Waals surface area contributed by atoms with Crippen LogP contribution in [0.15, 0.2) is 47.7 Å². The molecule has 9 heteroatoms. The zero-order valence-electron chi connectivity index (χ0n) is 19.1. The average molecular weight is 536 g/mol. The van der Waals surface area contributed by atoms with Crippen LogP contribution in [-0.2, 0) is 13.6 Å². The van der Waals surface area contributed by atoms with Gasteiger partial charge in [-0.15, -0.1) is 24.0 Å². The van der Waals surface area contributed by atoms with Crippen LogP contribution in [-0.4, -0.2) is 58.1 Å². The summed E-state index contributed by atoms with van der Waals surface area (Å²) in [6, 6.07) is 10.6. The lowest BCUT2D eigenvalue weighted by atomic mass is 10.1. The molecule has 0 radical (unpaired) electrons. The summed E-state index contributed by atoms with van der Waals surface area (Å²) in [4.78, 5) is 6.57. The molecule has 0 saturated carbocycles. The fourth-order valence-electron chi connectivity index (χ4n) is 3.54. The third kappa shape index (κ3) is 6.30. The summed E-state index contributed by atoms with van der Waals surface area (Å²) in [5, 5.41) is 15.8. The first-order chi connectivity index (χ1) is 14.4. The standard InChI is InChI=1S/C22H32N8.HI/c1-16-11-17(2)30(27-16)20-10-8-7-9-18(20)12-24-22(23-3)25-14-21(28(4)5)19-13-26-29(6)15-19;/h7-11,13,15,21H,12,14H2,1-6H3,(H2,23,24,25);1H. The van der Waals surface area contributed by atoms with Gasteiger partial charge in [0.25, 0.3) is 0 Å². The van der Waals surface area contributed by atoms with E-state index in [-0.39, 0.29) is 30.0 Å². The molecule has 0 spiro atoms. The van der Waals surface area contributed by atoms with Gasteiger partial charge >= 0.3 is 0 Å². The van der Waals surface area contributed by atoms with Gasteiger partial charge in [-0.05, 0) is 45.6 Å². The Hall–Kier alpha value is -2.40. The fourth-order valence-corrected chi connectivity index (χ4v) is 3.54. The highest BCUT2D eigenvalue weighted by Crippen LogP contribution is 2.18. The van der Waals surface area contributed by atoms with Crippen LogP contribution in [0, 0.1) is 13.8 Å². The number of nitrogens with zero attached hydrogens (tertiary/aromatic N) is 6. The van der Waals surface area contributed by atoms with Gasteiger partial charge < -0.3 is 15.5 Å². The first-order valence-electron chi connectivity index (χ1n) is 10.1. The number of aliphatic imine (C=N–C) groups is 1. The van der Waals surface area contributed by atoms with Crippen LogP contribution in [0.2, 0.25) is 0 Å². The molecule has 0 aliphatic heterocycles. The molecule has 0 saturated heterocycles. The van der Waals surface area contributed by atoms with Gasteiger partial charge in [-0.2, -0.15) is 10.2 Å². The van der Waals surface area contributed by atoms with E-state index >= 15 is 0 Å². The molecule has 0 aliphatic rings. The van der Waals surface area contributed by atoms with Crippen LogP contribution in [0.5, 0.6) is 0 Å². The first kappa shape index (κ1) is 24.9. The van der Waals surface area contributed by atoms with E-state index in [4.69, 9.17) is 0 Å². The monoisotopic (exact) mass is 536 g/mol. The van der Waals surface area contributed by atoms with Gasteiger partial charge in [0.2, 0.25) is 0 Å². The molecule has 31 heavy (non-hydrogen) atoms. The van der Waals surface area contributed by atoms with Gasteiger partial charge in [-0.25, -0.2) is 4.68 Å². The topological polar surface area (TPSA) is 75.3 Å². The predicted molar refractivity (Wildman–Crippen MR) is 136 cm³/mol. The van der Waals surface area contributed by atoms with E-state index in [1.54, 1.807) is 7.05 Å². The molecule has 0 amide bonds. The van der Waals surface area contributed by atoms with E-state index in [0.29, 0.717) is 6.54 Å². The molecular formula is C22H33IN8. The third-order valence-electron chi connectivity index (χ3n) is 5.10. The zero-order valence-corrected chi connectivity index (χ0v) is 21.5. The number of para-hydroxylation sites is 1. The Morgan fingerprint density at radius 3 is 2.52 bits per heavy atom. The lowest BCUT2D eigenvalue weighted by Gasteiger charge is -2.24. The minimum absolute atomic E-state index is 0. The second-order valence-corrected chi connectivity index (χ2v) is 7.70. The number of hydrogen-bond acceptors (Lipinski definition) is 4. The second-order valence-electron chi connectivity index (χ2n) is 7.70. The van der Waals surface area contributed by atoms with Gasteiger partial charge in [-0.1, -0.05) is 18.2 Å². The molecule has 8 nitrogen and oxygen atoms in total. The van der Waals surface area contributed by atoms with E-state index in [0.717, 1.165) is 35.1 Å². The number of nitrogens with one attached hydrogen (secondary N) is 2. The molecule has 3 aromatic rings. The lowest BCUT2D eigenvalue weighted by Crippen LogP contribution is -2.41. The summed E-state index contributed by atoms with van der Waals surface area (Å²) in [7, 11) is 7.86. The van der Waals surface area contributed by atoms with Gasteiger partial charge in [0.15, 0.2) is 5.96 Å². The summed E-state index contributed by atoms with van der Waals surface area (Å²) < 4.78 is 3.82. The maximum atomic E-state index is 4.63. The van der Waals surface area contributed by atoms with Crippen molar-refractivity contribution >= 4 is 29.9 Å². The first-order valence-corrected chi connectivity index (χ1v) is 10.1. The smallest absolute Gasteiger partial charge is 0.191 e. The SMILES string of the molecule is CN=C(NCc1ccccc1-n1nc(C)cc1C)NCC(c1cnn(C)c1)N(C)C.I. The number of aryl methyl sites for hydroxylation is 3. The van der Waals surface area contributed by atoms with Crippen molar-refractivity contribution in [3.05, 3.63) is 65.2 Å². The Bertz CT molecular complexity index is 1000. The van der Waals surface area contributed by atoms with Gasteiger partial charge in [0.05, 0.1) is 23.6 Å². The Balaban J connectivity index is 0.00000341. The number of rotatable bonds is 7. The summed E-state index contributed by atoms with van der Waals surface area (Å²) >= 11 is 0. The molecule has 3 rings (SSSR count). The summed E-state index contributed by atoms with van der Waals surface area (Å²) in [6.45, 7) is 5.45. The quantitative estimate of drug-likeness (QED) is 0.276. The molecule has 168 valence electrons. The molecule has 1 atom stereocenters. The number of likely N-dealkylation sites (N-methyl/N-ethyl adjacent to an activating group) is 1. The maximum Gasteiger partial charge on any atom is 0.191 e. The van der Waals surface area contributed by atoms with Crippen LogP contribution in [0.25, 0.3) is 5.69 Å². The van der Waals surface area contributed by atoms with Crippen LogP contribution < -0.4 is 10.6 Å². The van der Waals surface area contributed by atoms with Crippen molar-refractivity contribution in [1.82, 2.24) is 35.1 Å². The van der Waals surface area contributed by atoms with Crippen molar-refractivity contribution in [2.24, 2.45) is 12.0 Å². The largest absolute Gasteiger partial charge is 0.354 e. The Morgan fingerprint density at radius 1 is 1.19 bits per heavy atom. The predicted octanol–water partition coefficient (Wildman–Crippen LogP) is 2.81. The normalized spacial score (nSPS) is 12.5. The van der Waals surface area contributed by atoms with E-state index < -0.39 is 0 Å². The van der Waals surface area contributed by atoms with Crippen LogP contribution in [0.4, 0.5) is 0 Å². The van der Waals surface area contributed by atoms with Crippen molar-refractivity contribution < 1.29 is 0 Å². The lowest BCUT2D eigenvalue weighted by molar-refractivity contribution is 0.298. The molecule has 2 N–H and O–H groups in total. The van der Waals surface area contributed by atoms with Crippen LogP contribution in [0.1, 0.15) is 28.6 Å². The Morgan fingerprint density at radius 2 is 1.94 bits per heavy atom. The highest BCUT2D eigenvalue weighted by molar-refractivity contribution is 14.0. The Labute approximate surface area is 201 Å². The van der Waals surface area contributed by atoms with Crippen molar-refractivity contribution in [3.63, 3.8) is 0 Å². The van der Waals surface area contributed by atoms with Crippen LogP contribution >= 0.6 is 24.0 Å². The van der Waals surface area contributed by atoms with E-state index in [1.807, 2.05) is 47.9 Å². The number of guanidine groups is 1. The number of halogens is 1. The number of benzene rings is 1. The van der Waals surface area contributed by atoms with Gasteiger partial charge in [-0.3, -0.25) is 9.67 Å². The van der Waals surface area contributed by atoms with E-state index in [1.165, 1.54) is 5.56 Å². The highest BCUT2D eigenvalue weighted by atomic mass is 127. The van der Waals surface area contributed by atoms with Crippen LogP contribution in [0.3, 0.4) is 0 Å². The second kappa shape index (κ2) is 11.3. The van der Waals surface area contributed by atoms with E-state index in [2.05, 4.69) is 69.9 Å². The molecule has 0 bridgehead atoms. The van der Waals surface area contributed by atoms with Crippen molar-refractivity contribution in [2.45, 2.75) is 26.4 Å².